The van der Waals surface area contributed by atoms with Crippen molar-refractivity contribution in [2.45, 2.75) is 211 Å². The molecule has 4 saturated carbocycles. The third-order valence-electron chi connectivity index (χ3n) is 19.3. The van der Waals surface area contributed by atoms with Gasteiger partial charge in [-0.3, -0.25) is 4.79 Å². The van der Waals surface area contributed by atoms with Gasteiger partial charge in [-0.05, 0) is 109 Å². The molecule has 0 bridgehead atoms. The first-order valence-corrected chi connectivity index (χ1v) is 24.3. The van der Waals surface area contributed by atoms with Crippen LogP contribution < -0.4 is 0 Å². The molecule has 67 heavy (non-hydrogen) atoms. The van der Waals surface area contributed by atoms with Gasteiger partial charge in [0.05, 0.1) is 24.7 Å². The van der Waals surface area contributed by atoms with Gasteiger partial charge in [0.1, 0.15) is 67.1 Å². The Morgan fingerprint density at radius 2 is 1.24 bits per heavy atom. The maximum atomic E-state index is 14.7. The Labute approximate surface area is 391 Å². The molecule has 3 heterocycles. The number of allylic oxidation sites excluding steroid dienone is 2. The highest BCUT2D eigenvalue weighted by atomic mass is 16.8. The van der Waals surface area contributed by atoms with Crippen LogP contribution in [0.5, 0.6) is 0 Å². The fourth-order valence-corrected chi connectivity index (χ4v) is 15.0. The molecule has 0 aromatic rings. The van der Waals surface area contributed by atoms with E-state index in [1.807, 2.05) is 0 Å². The summed E-state index contributed by atoms with van der Waals surface area (Å²) in [6, 6.07) is 0. The molecule has 3 aliphatic heterocycles. The maximum absolute atomic E-state index is 14.7. The normalized spacial score (nSPS) is 52.6. The Morgan fingerprint density at radius 1 is 0.642 bits per heavy atom. The third kappa shape index (κ3) is 8.06. The zero-order chi connectivity index (χ0) is 49.1. The minimum atomic E-state index is -1.98. The molecule has 0 amide bonds. The number of aliphatic hydroxyl groups is 10. The fraction of sp³-hybridized carbons (Fsp3) is 0.917. The van der Waals surface area contributed by atoms with Gasteiger partial charge in [-0.15, -0.1) is 0 Å². The summed E-state index contributed by atoms with van der Waals surface area (Å²) in [6.45, 7) is 14.4. The molecule has 0 unspecified atom stereocenters. The van der Waals surface area contributed by atoms with Crippen LogP contribution in [-0.2, 0) is 38.0 Å². The van der Waals surface area contributed by atoms with Crippen LogP contribution in [0.1, 0.15) is 113 Å². The van der Waals surface area contributed by atoms with Gasteiger partial charge in [0, 0.05) is 0 Å². The van der Waals surface area contributed by atoms with E-state index in [1.54, 1.807) is 0 Å². The first kappa shape index (κ1) is 51.4. The number of carbonyl (C=O) groups excluding carboxylic acids is 1. The van der Waals surface area contributed by atoms with Gasteiger partial charge < -0.3 is 84.6 Å². The molecule has 19 heteroatoms. The van der Waals surface area contributed by atoms with Crippen LogP contribution in [0.4, 0.5) is 0 Å². The number of esters is 1. The Morgan fingerprint density at radius 3 is 1.85 bits per heavy atom. The van der Waals surface area contributed by atoms with E-state index in [0.717, 1.165) is 38.5 Å². The topological polar surface area (TPSA) is 312 Å². The summed E-state index contributed by atoms with van der Waals surface area (Å²) in [5.74, 6) is -1.94. The van der Waals surface area contributed by atoms with E-state index in [4.69, 9.17) is 28.4 Å². The zero-order valence-corrected chi connectivity index (χ0v) is 39.7. The monoisotopic (exact) mass is 956 g/mol. The first-order chi connectivity index (χ1) is 31.2. The van der Waals surface area contributed by atoms with E-state index in [2.05, 4.69) is 54.5 Å². The van der Waals surface area contributed by atoms with Crippen molar-refractivity contribution < 1.29 is 94.2 Å². The van der Waals surface area contributed by atoms with Gasteiger partial charge in [0.15, 0.2) is 18.7 Å². The Balaban J connectivity index is 1.05. The van der Waals surface area contributed by atoms with Gasteiger partial charge in [0.2, 0.25) is 6.29 Å². The van der Waals surface area contributed by atoms with Crippen LogP contribution in [0.2, 0.25) is 0 Å². The molecule has 0 spiro atoms. The highest BCUT2D eigenvalue weighted by Gasteiger charge is 2.70. The van der Waals surface area contributed by atoms with E-state index in [-0.39, 0.29) is 39.4 Å². The lowest BCUT2D eigenvalue weighted by Gasteiger charge is -2.71. The number of aliphatic hydroxyl groups excluding tert-OH is 10. The van der Waals surface area contributed by atoms with Crippen molar-refractivity contribution in [3.8, 4) is 0 Å². The van der Waals surface area contributed by atoms with Crippen molar-refractivity contribution in [1.82, 2.24) is 0 Å². The number of hydrogen-bond donors (Lipinski definition) is 11. The molecule has 0 radical (unpaired) electrons. The van der Waals surface area contributed by atoms with Crippen LogP contribution in [-0.4, -0.2) is 180 Å². The molecule has 19 nitrogen and oxygen atoms in total. The summed E-state index contributed by atoms with van der Waals surface area (Å²) < 4.78 is 35.7. The van der Waals surface area contributed by atoms with E-state index in [9.17, 15) is 65.8 Å². The van der Waals surface area contributed by atoms with Crippen molar-refractivity contribution >= 4 is 11.9 Å². The van der Waals surface area contributed by atoms with E-state index >= 15 is 0 Å². The second-order valence-electron chi connectivity index (χ2n) is 23.5. The first-order valence-electron chi connectivity index (χ1n) is 24.3. The van der Waals surface area contributed by atoms with E-state index < -0.39 is 134 Å². The second kappa shape index (κ2) is 18.0. The number of aliphatic carboxylic acids is 1. The van der Waals surface area contributed by atoms with Crippen LogP contribution in [0.25, 0.3) is 0 Å². The van der Waals surface area contributed by atoms with Crippen LogP contribution in [0.15, 0.2) is 11.6 Å². The molecule has 0 aromatic heterocycles. The lowest BCUT2D eigenvalue weighted by atomic mass is 9.33. The van der Waals surface area contributed by atoms with Crippen LogP contribution in [0, 0.1) is 50.2 Å². The van der Waals surface area contributed by atoms with Crippen molar-refractivity contribution in [3.63, 3.8) is 0 Å². The molecule has 0 aromatic carbocycles. The van der Waals surface area contributed by atoms with Crippen molar-refractivity contribution in [1.29, 1.82) is 0 Å². The molecule has 11 N–H and O–H groups in total. The molecule has 7 fully saturated rings. The molecule has 8 rings (SSSR count). The summed E-state index contributed by atoms with van der Waals surface area (Å²) >= 11 is 0. The lowest BCUT2D eigenvalue weighted by Crippen LogP contribution is -2.67. The minimum Gasteiger partial charge on any atom is -0.479 e. The number of rotatable bonds is 9. The van der Waals surface area contributed by atoms with Gasteiger partial charge in [-0.2, -0.15) is 0 Å². The predicted molar refractivity (Wildman–Crippen MR) is 231 cm³/mol. The molecule has 5 aliphatic carbocycles. The Kier molecular flexibility index (Phi) is 13.8. The summed E-state index contributed by atoms with van der Waals surface area (Å²) in [7, 11) is 0. The second-order valence-corrected chi connectivity index (χ2v) is 23.5. The quantitative estimate of drug-likeness (QED) is 0.0838. The number of fused-ring (bicyclic) bond motifs is 7. The van der Waals surface area contributed by atoms with Gasteiger partial charge in [0.25, 0.3) is 0 Å². The average Bonchev–Trinajstić information content (AvgIpc) is 3.26. The molecule has 3 saturated heterocycles. The molecular weight excluding hydrogens is 881 g/mol. The lowest BCUT2D eigenvalue weighted by molar-refractivity contribution is -0.374. The highest BCUT2D eigenvalue weighted by molar-refractivity contribution is 5.79. The smallest absolute Gasteiger partial charge is 0.335 e. The number of carbonyl (C=O) groups is 2. The number of ether oxygens (including phenoxy) is 6. The van der Waals surface area contributed by atoms with Crippen molar-refractivity contribution in [3.05, 3.63) is 11.6 Å². The van der Waals surface area contributed by atoms with E-state index in [0.29, 0.717) is 25.7 Å². The maximum Gasteiger partial charge on any atom is 0.335 e. The van der Waals surface area contributed by atoms with Gasteiger partial charge >= 0.3 is 11.9 Å². The number of carboxylic acid groups (broad SMARTS) is 1. The van der Waals surface area contributed by atoms with Crippen molar-refractivity contribution in [2.24, 2.45) is 50.2 Å². The Hall–Kier alpha value is -1.92. The fourth-order valence-electron chi connectivity index (χ4n) is 15.0. The molecule has 8 aliphatic rings. The minimum absolute atomic E-state index is 0.0828. The summed E-state index contributed by atoms with van der Waals surface area (Å²) in [4.78, 5) is 27.0. The highest BCUT2D eigenvalue weighted by Crippen LogP contribution is 2.76. The van der Waals surface area contributed by atoms with Crippen LogP contribution in [0.3, 0.4) is 0 Å². The molecule has 382 valence electrons. The Bertz CT molecular complexity index is 1870. The summed E-state index contributed by atoms with van der Waals surface area (Å²) in [5.41, 5.74) is -1.05. The molecule has 23 atom stereocenters. The molecular formula is C48H76O19. The summed E-state index contributed by atoms with van der Waals surface area (Å²) in [5, 5.41) is 115. The average molecular weight is 957 g/mol. The standard InChI is InChI=1S/C48H76O19/c1-43(2)14-16-48(42(61)67-40-35(58)31(54)29(52)24(20-50)63-40)17-15-46(6)21(22(48)18-43)8-9-26-45(5)12-11-27(44(3,4)25(45)10-13-47(26,46)7)64-41-37(33(56)32(55)36(65-41)38(59)60)66-39-34(57)30(53)28(51)23(19-49)62-39/h8,22-37,39-41,49-58H,9-20H2,1-7H3,(H,59,60)/t22-,23+,24-,25-,26+,27-,28-,29-,30-,31+,32-,33-,34+,35-,36-,37+,39-,40+,41+,45-,46+,47+,48-/m0/s1. The van der Waals surface area contributed by atoms with Crippen molar-refractivity contribution in [2.75, 3.05) is 13.2 Å². The van der Waals surface area contributed by atoms with Crippen LogP contribution >= 0.6 is 0 Å². The SMILES string of the molecule is CC1(C)CC[C@]2(C(=O)O[C@H]3O[C@@H](CO)[C@H](O)[C@@H](O)[C@@H]3O)CC[C@]3(C)C(=CC[C@@H]4[C@@]5(C)CC[C@H](O[C@@H]6O[C@H](C(=O)O)[C@@H](O)[C@H](O)[C@H]6O[C@@H]6O[C@H](CO)[C@H](O)[C@H](O)[C@H]6O)C(C)(C)[C@@H]5CC[C@]43C)[C@@H]2C1. The zero-order valence-electron chi connectivity index (χ0n) is 39.7. The van der Waals surface area contributed by atoms with E-state index in [1.165, 1.54) is 5.57 Å². The van der Waals surface area contributed by atoms with Gasteiger partial charge in [-0.25, -0.2) is 4.79 Å². The predicted octanol–water partition coefficient (Wildman–Crippen LogP) is 0.233. The number of hydrogen-bond acceptors (Lipinski definition) is 18. The van der Waals surface area contributed by atoms with Gasteiger partial charge in [-0.1, -0.05) is 60.1 Å². The third-order valence-corrected chi connectivity index (χ3v) is 19.3. The largest absolute Gasteiger partial charge is 0.479 e. The summed E-state index contributed by atoms with van der Waals surface area (Å²) in [6.07, 6.45) is -16.4. The number of carboxylic acids is 1.